The highest BCUT2D eigenvalue weighted by Crippen LogP contribution is 2.31. The molecular formula is C11H12BrClFNO2. The van der Waals surface area contributed by atoms with E-state index in [9.17, 15) is 9.18 Å². The summed E-state index contributed by atoms with van der Waals surface area (Å²) in [5.41, 5.74) is -0.328. The molecule has 0 radical (unpaired) electrons. The van der Waals surface area contributed by atoms with Gasteiger partial charge in [-0.2, -0.15) is 0 Å². The van der Waals surface area contributed by atoms with Crippen LogP contribution in [0.3, 0.4) is 0 Å². The lowest BCUT2D eigenvalue weighted by Crippen LogP contribution is -2.27. The maximum atomic E-state index is 13.0. The van der Waals surface area contributed by atoms with Gasteiger partial charge in [-0.05, 0) is 48.8 Å². The van der Waals surface area contributed by atoms with Gasteiger partial charge < -0.3 is 4.74 Å². The zero-order valence-electron chi connectivity index (χ0n) is 9.61. The number of anilines is 1. The molecule has 0 heterocycles. The van der Waals surface area contributed by atoms with Crippen molar-refractivity contribution in [2.24, 2.45) is 0 Å². The summed E-state index contributed by atoms with van der Waals surface area (Å²) in [6, 6.07) is 2.32. The molecule has 0 aliphatic carbocycles. The fourth-order valence-corrected chi connectivity index (χ4v) is 1.97. The first-order valence-corrected chi connectivity index (χ1v) is 6.00. The molecule has 1 amide bonds. The van der Waals surface area contributed by atoms with Gasteiger partial charge in [-0.25, -0.2) is 9.18 Å². The van der Waals surface area contributed by atoms with Crippen LogP contribution in [0, 0.1) is 5.82 Å². The van der Waals surface area contributed by atoms with Crippen molar-refractivity contribution in [2.75, 3.05) is 5.32 Å². The fraction of sp³-hybridized carbons (Fsp3) is 0.364. The van der Waals surface area contributed by atoms with Crippen LogP contribution in [0.1, 0.15) is 20.8 Å². The summed E-state index contributed by atoms with van der Waals surface area (Å²) in [5.74, 6) is -0.489. The fourth-order valence-electron chi connectivity index (χ4n) is 1.07. The first-order chi connectivity index (χ1) is 7.69. The summed E-state index contributed by atoms with van der Waals surface area (Å²) in [7, 11) is 0. The predicted molar refractivity (Wildman–Crippen MR) is 69.0 cm³/mol. The van der Waals surface area contributed by atoms with Crippen LogP contribution in [-0.4, -0.2) is 11.7 Å². The lowest BCUT2D eigenvalue weighted by Gasteiger charge is -2.20. The highest BCUT2D eigenvalue weighted by molar-refractivity contribution is 9.10. The van der Waals surface area contributed by atoms with Gasteiger partial charge in [-0.1, -0.05) is 11.6 Å². The van der Waals surface area contributed by atoms with Crippen LogP contribution in [0.2, 0.25) is 5.02 Å². The number of carbonyl (C=O) groups excluding carboxylic acids is 1. The molecule has 0 spiro atoms. The molecule has 0 unspecified atom stereocenters. The van der Waals surface area contributed by atoms with E-state index in [1.165, 1.54) is 6.07 Å². The minimum absolute atomic E-state index is 0.0998. The second-order valence-electron chi connectivity index (χ2n) is 4.37. The number of amides is 1. The number of hydrogen-bond acceptors (Lipinski definition) is 2. The Hall–Kier alpha value is -0.810. The van der Waals surface area contributed by atoms with E-state index >= 15 is 0 Å². The number of rotatable bonds is 1. The lowest BCUT2D eigenvalue weighted by molar-refractivity contribution is 0.0636. The molecular weight excluding hydrogens is 312 g/mol. The monoisotopic (exact) mass is 323 g/mol. The van der Waals surface area contributed by atoms with Crippen molar-refractivity contribution in [3.8, 4) is 0 Å². The van der Waals surface area contributed by atoms with Crippen molar-refractivity contribution >= 4 is 39.3 Å². The highest BCUT2D eigenvalue weighted by Gasteiger charge is 2.18. The van der Waals surface area contributed by atoms with Crippen LogP contribution in [0.25, 0.3) is 0 Å². The first-order valence-electron chi connectivity index (χ1n) is 4.83. The Morgan fingerprint density at radius 2 is 2.06 bits per heavy atom. The quantitative estimate of drug-likeness (QED) is 0.820. The van der Waals surface area contributed by atoms with Crippen LogP contribution >= 0.6 is 27.5 Å². The van der Waals surface area contributed by atoms with E-state index in [1.54, 1.807) is 20.8 Å². The van der Waals surface area contributed by atoms with Crippen molar-refractivity contribution < 1.29 is 13.9 Å². The summed E-state index contributed by atoms with van der Waals surface area (Å²) < 4.78 is 18.4. The molecule has 3 nitrogen and oxygen atoms in total. The van der Waals surface area contributed by atoms with Gasteiger partial charge in [0.2, 0.25) is 0 Å². The minimum Gasteiger partial charge on any atom is -0.444 e. The van der Waals surface area contributed by atoms with Crippen molar-refractivity contribution in [2.45, 2.75) is 26.4 Å². The summed E-state index contributed by atoms with van der Waals surface area (Å²) in [5, 5.41) is 2.56. The van der Waals surface area contributed by atoms with E-state index in [0.717, 1.165) is 6.07 Å². The van der Waals surface area contributed by atoms with Gasteiger partial charge in [-0.15, -0.1) is 0 Å². The Morgan fingerprint density at radius 3 is 2.53 bits per heavy atom. The Kier molecular flexibility index (Phi) is 4.38. The van der Waals surface area contributed by atoms with E-state index in [-0.39, 0.29) is 10.7 Å². The van der Waals surface area contributed by atoms with Gasteiger partial charge in [0.25, 0.3) is 0 Å². The van der Waals surface area contributed by atoms with Gasteiger partial charge >= 0.3 is 6.09 Å². The van der Waals surface area contributed by atoms with E-state index in [1.807, 2.05) is 0 Å². The molecule has 0 fully saturated rings. The molecule has 1 aromatic rings. The largest absolute Gasteiger partial charge is 0.444 e. The molecule has 94 valence electrons. The Bertz CT molecular complexity index is 423. The van der Waals surface area contributed by atoms with Crippen LogP contribution < -0.4 is 5.32 Å². The molecule has 0 aliphatic heterocycles. The number of nitrogens with one attached hydrogen (secondary N) is 1. The Balaban J connectivity index is 2.86. The zero-order chi connectivity index (χ0) is 13.2. The SMILES string of the molecule is CC(C)(C)OC(=O)Nc1c(Cl)cc(F)cc1Br. The number of hydrogen-bond donors (Lipinski definition) is 1. The Labute approximate surface area is 112 Å². The first kappa shape index (κ1) is 14.3. The average Bonchev–Trinajstić information content (AvgIpc) is 2.08. The van der Waals surface area contributed by atoms with Crippen LogP contribution in [0.15, 0.2) is 16.6 Å². The number of halogens is 3. The summed E-state index contributed by atoms with van der Waals surface area (Å²) >= 11 is 8.92. The van der Waals surface area contributed by atoms with Crippen molar-refractivity contribution in [3.63, 3.8) is 0 Å². The molecule has 17 heavy (non-hydrogen) atoms. The second-order valence-corrected chi connectivity index (χ2v) is 5.63. The standard InChI is InChI=1S/C11H12BrClFNO2/c1-11(2,3)17-10(16)15-9-7(12)4-6(14)5-8(9)13/h4-5H,1-3H3,(H,15,16). The van der Waals surface area contributed by atoms with E-state index < -0.39 is 17.5 Å². The minimum atomic E-state index is -0.647. The smallest absolute Gasteiger partial charge is 0.412 e. The van der Waals surface area contributed by atoms with Crippen LogP contribution in [0.4, 0.5) is 14.9 Å². The third-order valence-electron chi connectivity index (χ3n) is 1.63. The number of ether oxygens (including phenoxy) is 1. The van der Waals surface area contributed by atoms with Crippen molar-refractivity contribution in [1.29, 1.82) is 0 Å². The third-order valence-corrected chi connectivity index (χ3v) is 2.56. The molecule has 1 rings (SSSR count). The second kappa shape index (κ2) is 5.23. The van der Waals surface area contributed by atoms with Gasteiger partial charge in [-0.3, -0.25) is 5.32 Å². The van der Waals surface area contributed by atoms with Gasteiger partial charge in [0.05, 0.1) is 10.7 Å². The van der Waals surface area contributed by atoms with Crippen LogP contribution in [-0.2, 0) is 4.74 Å². The topological polar surface area (TPSA) is 38.3 Å². The van der Waals surface area contributed by atoms with Gasteiger partial charge in [0.15, 0.2) is 0 Å². The normalized spacial score (nSPS) is 11.2. The molecule has 0 bridgehead atoms. The average molecular weight is 325 g/mol. The molecule has 0 aromatic heterocycles. The molecule has 1 aromatic carbocycles. The van der Waals surface area contributed by atoms with E-state index in [4.69, 9.17) is 16.3 Å². The lowest BCUT2D eigenvalue weighted by atomic mass is 10.2. The van der Waals surface area contributed by atoms with E-state index in [0.29, 0.717) is 4.47 Å². The van der Waals surface area contributed by atoms with Crippen LogP contribution in [0.5, 0.6) is 0 Å². The number of carbonyl (C=O) groups is 1. The zero-order valence-corrected chi connectivity index (χ0v) is 11.9. The predicted octanol–water partition coefficient (Wildman–Crippen LogP) is 4.59. The highest BCUT2D eigenvalue weighted by atomic mass is 79.9. The number of benzene rings is 1. The summed E-state index contributed by atoms with van der Waals surface area (Å²) in [4.78, 5) is 11.5. The van der Waals surface area contributed by atoms with Crippen molar-refractivity contribution in [1.82, 2.24) is 0 Å². The molecule has 1 N–H and O–H groups in total. The maximum absolute atomic E-state index is 13.0. The molecule has 0 saturated heterocycles. The van der Waals surface area contributed by atoms with Gasteiger partial charge in [0.1, 0.15) is 11.4 Å². The summed E-state index contributed by atoms with van der Waals surface area (Å²) in [6.07, 6.45) is -0.647. The molecule has 0 atom stereocenters. The Morgan fingerprint density at radius 1 is 1.47 bits per heavy atom. The molecule has 0 aliphatic rings. The third kappa shape index (κ3) is 4.52. The van der Waals surface area contributed by atoms with Crippen molar-refractivity contribution in [3.05, 3.63) is 27.4 Å². The molecule has 0 saturated carbocycles. The summed E-state index contributed by atoms with van der Waals surface area (Å²) in [6.45, 7) is 5.23. The maximum Gasteiger partial charge on any atom is 0.412 e. The van der Waals surface area contributed by atoms with E-state index in [2.05, 4.69) is 21.2 Å². The van der Waals surface area contributed by atoms with Gasteiger partial charge in [0, 0.05) is 4.47 Å². The molecule has 6 heteroatoms.